The summed E-state index contributed by atoms with van der Waals surface area (Å²) < 4.78 is 23.6. The van der Waals surface area contributed by atoms with Gasteiger partial charge in [0.2, 0.25) is 0 Å². The first kappa shape index (κ1) is 22.5. The maximum atomic E-state index is 12.3. The predicted octanol–water partition coefficient (Wildman–Crippen LogP) is 2.81. The van der Waals surface area contributed by atoms with Crippen LogP contribution in [-0.4, -0.2) is 67.1 Å². The third-order valence-electron chi connectivity index (χ3n) is 6.74. The van der Waals surface area contributed by atoms with E-state index >= 15 is 0 Å². The summed E-state index contributed by atoms with van der Waals surface area (Å²) in [5, 5.41) is 12.2. The van der Waals surface area contributed by atoms with Gasteiger partial charge in [-0.15, -0.1) is 0 Å². The van der Waals surface area contributed by atoms with Crippen LogP contribution >= 0.6 is 0 Å². The van der Waals surface area contributed by atoms with Crippen LogP contribution in [0.3, 0.4) is 0 Å². The van der Waals surface area contributed by atoms with Crippen molar-refractivity contribution in [3.8, 4) is 0 Å². The molecule has 166 valence electrons. The van der Waals surface area contributed by atoms with E-state index in [1.165, 1.54) is 5.57 Å². The topological polar surface area (TPSA) is 92.9 Å². The average Bonchev–Trinajstić information content (AvgIpc) is 3.55. The summed E-state index contributed by atoms with van der Waals surface area (Å²) in [6.07, 6.45) is 3.63. The Balaban J connectivity index is 1.64. The summed E-state index contributed by atoms with van der Waals surface area (Å²) in [5.41, 5.74) is 0.650. The molecule has 2 aliphatic heterocycles. The minimum Gasteiger partial charge on any atom is -0.446 e. The SMILES string of the molecule is COC1CC(OC(=O)N[C@@H](CO)C(C)C)C[C@]2(CO2)C1[C@@]1(C)O[C@@H]1CC=C(C)C. The van der Waals surface area contributed by atoms with Gasteiger partial charge in [0, 0.05) is 25.9 Å². The van der Waals surface area contributed by atoms with Crippen LogP contribution in [0.4, 0.5) is 4.79 Å². The van der Waals surface area contributed by atoms with Gasteiger partial charge < -0.3 is 29.4 Å². The van der Waals surface area contributed by atoms with Crippen LogP contribution in [0.5, 0.6) is 0 Å². The van der Waals surface area contributed by atoms with Gasteiger partial charge in [0.05, 0.1) is 31.5 Å². The first-order valence-corrected chi connectivity index (χ1v) is 10.7. The average molecular weight is 412 g/mol. The maximum Gasteiger partial charge on any atom is 0.407 e. The van der Waals surface area contributed by atoms with Crippen molar-refractivity contribution >= 4 is 6.09 Å². The van der Waals surface area contributed by atoms with Crippen LogP contribution in [0.1, 0.15) is 53.9 Å². The summed E-state index contributed by atoms with van der Waals surface area (Å²) >= 11 is 0. The van der Waals surface area contributed by atoms with E-state index in [1.54, 1.807) is 7.11 Å². The van der Waals surface area contributed by atoms with Crippen molar-refractivity contribution in [2.24, 2.45) is 11.8 Å². The largest absolute Gasteiger partial charge is 0.446 e. The second kappa shape index (κ2) is 8.53. The number of aliphatic hydroxyl groups excluding tert-OH is 1. The van der Waals surface area contributed by atoms with E-state index in [-0.39, 0.29) is 54.0 Å². The quantitative estimate of drug-likeness (QED) is 0.471. The van der Waals surface area contributed by atoms with Crippen LogP contribution in [0.25, 0.3) is 0 Å². The number of methoxy groups -OCH3 is 1. The van der Waals surface area contributed by atoms with Crippen molar-refractivity contribution in [3.05, 3.63) is 11.6 Å². The molecule has 1 amide bonds. The molecule has 2 N–H and O–H groups in total. The molecule has 7 atom stereocenters. The number of aliphatic hydroxyl groups is 1. The number of nitrogens with one attached hydrogen (secondary N) is 1. The Bertz CT molecular complexity index is 627. The Kier molecular flexibility index (Phi) is 6.63. The van der Waals surface area contributed by atoms with E-state index in [1.807, 2.05) is 13.8 Å². The molecule has 1 spiro atoms. The zero-order valence-electron chi connectivity index (χ0n) is 18.6. The van der Waals surface area contributed by atoms with E-state index in [4.69, 9.17) is 18.9 Å². The molecule has 2 heterocycles. The highest BCUT2D eigenvalue weighted by Gasteiger charge is 2.71. The minimum absolute atomic E-state index is 0.107. The lowest BCUT2D eigenvalue weighted by Crippen LogP contribution is -2.54. The molecule has 3 aliphatic rings. The molecule has 1 saturated carbocycles. The zero-order valence-corrected chi connectivity index (χ0v) is 18.6. The van der Waals surface area contributed by atoms with Gasteiger partial charge in [0.15, 0.2) is 0 Å². The molecular formula is C22H37NO6. The zero-order chi connectivity index (χ0) is 21.4. The third-order valence-corrected chi connectivity index (χ3v) is 6.74. The highest BCUT2D eigenvalue weighted by molar-refractivity contribution is 5.67. The summed E-state index contributed by atoms with van der Waals surface area (Å²) in [6, 6.07) is -0.321. The molecule has 1 aliphatic carbocycles. The van der Waals surface area contributed by atoms with E-state index < -0.39 is 6.09 Å². The number of hydrogen-bond donors (Lipinski definition) is 2. The fourth-order valence-electron chi connectivity index (χ4n) is 4.86. The molecule has 0 aromatic rings. The molecule has 0 bridgehead atoms. The molecule has 29 heavy (non-hydrogen) atoms. The standard InChI is InChI=1S/C22H37NO6/c1-13(2)7-8-18-21(5,29-18)19-17(26-6)9-15(10-22(19)12-27-22)28-20(25)23-16(11-24)14(3)4/h7,14-19,24H,8-12H2,1-6H3,(H,23,25)/t15?,16-,17?,18+,19?,21-,22-/m0/s1. The lowest BCUT2D eigenvalue weighted by molar-refractivity contribution is -0.0901. The second-order valence-electron chi connectivity index (χ2n) is 9.56. The molecule has 7 nitrogen and oxygen atoms in total. The van der Waals surface area contributed by atoms with E-state index in [0.717, 1.165) is 6.42 Å². The van der Waals surface area contributed by atoms with Gasteiger partial charge in [0.1, 0.15) is 17.3 Å². The molecule has 3 unspecified atom stereocenters. The number of alkyl carbamates (subject to hydrolysis) is 1. The summed E-state index contributed by atoms with van der Waals surface area (Å²) in [5.74, 6) is 0.233. The maximum absolute atomic E-state index is 12.3. The van der Waals surface area contributed by atoms with Gasteiger partial charge in [-0.2, -0.15) is 0 Å². The first-order valence-electron chi connectivity index (χ1n) is 10.7. The van der Waals surface area contributed by atoms with Gasteiger partial charge in [-0.25, -0.2) is 4.79 Å². The molecule has 0 aromatic heterocycles. The van der Waals surface area contributed by atoms with Crippen molar-refractivity contribution in [1.29, 1.82) is 0 Å². The molecule has 7 heteroatoms. The smallest absolute Gasteiger partial charge is 0.407 e. The number of carbonyl (C=O) groups is 1. The summed E-state index contributed by atoms with van der Waals surface area (Å²) in [4.78, 5) is 12.3. The Hall–Kier alpha value is -1.15. The van der Waals surface area contributed by atoms with Gasteiger partial charge in [-0.1, -0.05) is 25.5 Å². The van der Waals surface area contributed by atoms with Crippen LogP contribution in [0.15, 0.2) is 11.6 Å². The first-order chi connectivity index (χ1) is 13.6. The number of epoxide rings is 2. The highest BCUT2D eigenvalue weighted by atomic mass is 16.6. The number of rotatable bonds is 8. The third kappa shape index (κ3) is 4.79. The minimum atomic E-state index is -0.498. The van der Waals surface area contributed by atoms with Gasteiger partial charge in [-0.05, 0) is 33.1 Å². The Morgan fingerprint density at radius 2 is 2.07 bits per heavy atom. The summed E-state index contributed by atoms with van der Waals surface area (Å²) in [6.45, 7) is 10.8. The molecule has 0 aromatic carbocycles. The van der Waals surface area contributed by atoms with E-state index in [2.05, 4.69) is 32.2 Å². The molecular weight excluding hydrogens is 374 g/mol. The number of allylic oxidation sites excluding steroid dienone is 1. The van der Waals surface area contributed by atoms with Gasteiger partial charge in [0.25, 0.3) is 0 Å². The number of hydrogen-bond acceptors (Lipinski definition) is 6. The van der Waals surface area contributed by atoms with Crippen molar-refractivity contribution in [2.45, 2.75) is 89.4 Å². The number of carbonyl (C=O) groups excluding carboxylic acids is 1. The van der Waals surface area contributed by atoms with Crippen molar-refractivity contribution < 1.29 is 28.8 Å². The lowest BCUT2D eigenvalue weighted by atomic mass is 9.68. The molecule has 3 rings (SSSR count). The van der Waals surface area contributed by atoms with Crippen molar-refractivity contribution in [3.63, 3.8) is 0 Å². The van der Waals surface area contributed by atoms with Crippen LogP contribution in [0, 0.1) is 11.8 Å². The monoisotopic (exact) mass is 411 g/mol. The van der Waals surface area contributed by atoms with Crippen molar-refractivity contribution in [1.82, 2.24) is 5.32 Å². The van der Waals surface area contributed by atoms with Crippen molar-refractivity contribution in [2.75, 3.05) is 20.3 Å². The van der Waals surface area contributed by atoms with Gasteiger partial charge >= 0.3 is 6.09 Å². The highest BCUT2D eigenvalue weighted by Crippen LogP contribution is 2.59. The summed E-state index contributed by atoms with van der Waals surface area (Å²) in [7, 11) is 1.70. The molecule has 3 fully saturated rings. The van der Waals surface area contributed by atoms with E-state index in [0.29, 0.717) is 19.4 Å². The second-order valence-corrected chi connectivity index (χ2v) is 9.56. The number of ether oxygens (including phenoxy) is 4. The van der Waals surface area contributed by atoms with Crippen LogP contribution in [-0.2, 0) is 18.9 Å². The Morgan fingerprint density at radius 1 is 1.38 bits per heavy atom. The molecule has 0 radical (unpaired) electrons. The van der Waals surface area contributed by atoms with Crippen LogP contribution < -0.4 is 5.32 Å². The normalized spacial score (nSPS) is 39.2. The van der Waals surface area contributed by atoms with Crippen LogP contribution in [0.2, 0.25) is 0 Å². The lowest BCUT2D eigenvalue weighted by Gasteiger charge is -2.41. The fraction of sp³-hybridized carbons (Fsp3) is 0.864. The predicted molar refractivity (Wildman–Crippen MR) is 109 cm³/mol. The molecule has 2 saturated heterocycles. The number of amides is 1. The van der Waals surface area contributed by atoms with E-state index in [9.17, 15) is 9.90 Å². The Labute approximate surface area is 174 Å². The van der Waals surface area contributed by atoms with Gasteiger partial charge in [-0.3, -0.25) is 0 Å². The Morgan fingerprint density at radius 3 is 2.59 bits per heavy atom. The fourth-order valence-corrected chi connectivity index (χ4v) is 4.86.